The van der Waals surface area contributed by atoms with Crippen molar-refractivity contribution in [2.75, 3.05) is 25.1 Å². The number of aromatic nitrogens is 1. The van der Waals surface area contributed by atoms with Crippen molar-refractivity contribution >= 4 is 5.69 Å². The lowest BCUT2D eigenvalue weighted by molar-refractivity contribution is 0.283. The number of nitrogens with zero attached hydrogens (tertiary/aromatic N) is 2. The van der Waals surface area contributed by atoms with E-state index in [1.807, 2.05) is 13.2 Å². The van der Waals surface area contributed by atoms with Crippen LogP contribution in [0.5, 0.6) is 0 Å². The summed E-state index contributed by atoms with van der Waals surface area (Å²) in [6.07, 6.45) is 6.65. The van der Waals surface area contributed by atoms with Crippen molar-refractivity contribution in [2.45, 2.75) is 44.7 Å². The number of hydrogen-bond acceptors (Lipinski definition) is 4. The molecule has 0 aromatic carbocycles. The summed E-state index contributed by atoms with van der Waals surface area (Å²) in [5.74, 6) is 0. The second-order valence-corrected chi connectivity index (χ2v) is 5.31. The van der Waals surface area contributed by atoms with Crippen LogP contribution in [0.15, 0.2) is 18.3 Å². The van der Waals surface area contributed by atoms with Crippen LogP contribution in [0, 0.1) is 0 Å². The molecule has 0 aliphatic heterocycles. The van der Waals surface area contributed by atoms with Gasteiger partial charge in [0.2, 0.25) is 0 Å². The fourth-order valence-electron chi connectivity index (χ4n) is 2.43. The molecule has 2 N–H and O–H groups in total. The van der Waals surface area contributed by atoms with Crippen LogP contribution in [0.3, 0.4) is 0 Å². The summed E-state index contributed by atoms with van der Waals surface area (Å²) >= 11 is 0. The zero-order valence-corrected chi connectivity index (χ0v) is 12.0. The molecule has 1 aromatic heterocycles. The monoisotopic (exact) mass is 263 g/mol. The van der Waals surface area contributed by atoms with Crippen LogP contribution in [-0.2, 0) is 0 Å². The second kappa shape index (κ2) is 6.87. The van der Waals surface area contributed by atoms with Crippen LogP contribution in [0.2, 0.25) is 0 Å². The molecule has 0 saturated heterocycles. The average Bonchev–Trinajstić information content (AvgIpc) is 2.40. The molecule has 1 fully saturated rings. The minimum Gasteiger partial charge on any atom is -0.396 e. The molecule has 1 aliphatic carbocycles. The Hall–Kier alpha value is -1.13. The van der Waals surface area contributed by atoms with E-state index in [0.29, 0.717) is 6.04 Å². The lowest BCUT2D eigenvalue weighted by atomic mass is 9.91. The topological polar surface area (TPSA) is 48.4 Å². The maximum absolute atomic E-state index is 9.03. The number of hydrogen-bond donors (Lipinski definition) is 2. The molecule has 19 heavy (non-hydrogen) atoms. The van der Waals surface area contributed by atoms with Crippen molar-refractivity contribution in [3.8, 4) is 0 Å². The molecule has 1 aliphatic rings. The largest absolute Gasteiger partial charge is 0.396 e. The third-order valence-corrected chi connectivity index (χ3v) is 4.05. The maximum atomic E-state index is 9.03. The fourth-order valence-corrected chi connectivity index (χ4v) is 2.43. The lowest BCUT2D eigenvalue weighted by Crippen LogP contribution is -2.41. The van der Waals surface area contributed by atoms with E-state index in [4.69, 9.17) is 5.11 Å². The fraction of sp³-hybridized carbons (Fsp3) is 0.667. The quantitative estimate of drug-likeness (QED) is 0.791. The first-order chi connectivity index (χ1) is 9.26. The van der Waals surface area contributed by atoms with Gasteiger partial charge in [-0.05, 0) is 51.8 Å². The van der Waals surface area contributed by atoms with E-state index >= 15 is 0 Å². The van der Waals surface area contributed by atoms with Crippen LogP contribution >= 0.6 is 0 Å². The Balaban J connectivity index is 2.07. The summed E-state index contributed by atoms with van der Waals surface area (Å²) < 4.78 is 0. The molecule has 1 aromatic rings. The first kappa shape index (κ1) is 14.3. The average molecular weight is 263 g/mol. The Bertz CT molecular complexity index is 375. The van der Waals surface area contributed by atoms with Crippen LogP contribution < -0.4 is 10.2 Å². The highest BCUT2D eigenvalue weighted by Crippen LogP contribution is 2.29. The minimum atomic E-state index is 0.255. The normalized spacial score (nSPS) is 17.0. The zero-order valence-electron chi connectivity index (χ0n) is 12.0. The van der Waals surface area contributed by atoms with E-state index in [0.717, 1.165) is 18.7 Å². The number of anilines is 1. The van der Waals surface area contributed by atoms with Gasteiger partial charge < -0.3 is 15.3 Å². The summed E-state index contributed by atoms with van der Waals surface area (Å²) in [5, 5.41) is 12.2. The van der Waals surface area contributed by atoms with E-state index < -0.39 is 0 Å². The second-order valence-electron chi connectivity index (χ2n) is 5.31. The van der Waals surface area contributed by atoms with Gasteiger partial charge in [0.15, 0.2) is 0 Å². The molecule has 1 saturated carbocycles. The van der Waals surface area contributed by atoms with Gasteiger partial charge in [-0.15, -0.1) is 0 Å². The maximum Gasteiger partial charge on any atom is 0.0571 e. The van der Waals surface area contributed by atoms with E-state index in [1.54, 1.807) is 0 Å². The van der Waals surface area contributed by atoms with Gasteiger partial charge in [0.1, 0.15) is 0 Å². The highest BCUT2D eigenvalue weighted by molar-refractivity contribution is 5.46. The van der Waals surface area contributed by atoms with Gasteiger partial charge in [-0.3, -0.25) is 4.98 Å². The van der Waals surface area contributed by atoms with E-state index in [-0.39, 0.29) is 12.6 Å². The van der Waals surface area contributed by atoms with Gasteiger partial charge in [0.05, 0.1) is 17.6 Å². The molecular formula is C15H25N3O. The van der Waals surface area contributed by atoms with Crippen LogP contribution in [0.25, 0.3) is 0 Å². The summed E-state index contributed by atoms with van der Waals surface area (Å²) in [4.78, 5) is 6.96. The number of rotatable bonds is 7. The third kappa shape index (κ3) is 3.45. The van der Waals surface area contributed by atoms with Gasteiger partial charge in [-0.1, -0.05) is 0 Å². The standard InChI is InChI=1S/C15H25N3O/c1-12(16-2)15-8-7-14(11-17-15)18(9-4-10-19)13-5-3-6-13/h7-8,11-13,16,19H,3-6,9-10H2,1-2H3. The van der Waals surface area contributed by atoms with E-state index in [1.165, 1.54) is 24.9 Å². The molecule has 106 valence electrons. The predicted octanol–water partition coefficient (Wildman–Crippen LogP) is 2.10. The Morgan fingerprint density at radius 3 is 2.74 bits per heavy atom. The molecule has 4 nitrogen and oxygen atoms in total. The first-order valence-corrected chi connectivity index (χ1v) is 7.27. The van der Waals surface area contributed by atoms with Crippen LogP contribution in [0.4, 0.5) is 5.69 Å². The molecule has 1 atom stereocenters. The summed E-state index contributed by atoms with van der Waals surface area (Å²) in [6.45, 7) is 3.28. The molecular weight excluding hydrogens is 238 g/mol. The molecule has 1 unspecified atom stereocenters. The molecule has 0 radical (unpaired) electrons. The highest BCUT2D eigenvalue weighted by atomic mass is 16.3. The zero-order chi connectivity index (χ0) is 13.7. The smallest absolute Gasteiger partial charge is 0.0571 e. The number of pyridine rings is 1. The van der Waals surface area contributed by atoms with Gasteiger partial charge in [0, 0.05) is 25.2 Å². The molecule has 2 rings (SSSR count). The summed E-state index contributed by atoms with van der Waals surface area (Å²) in [6, 6.07) is 5.18. The molecule has 0 spiro atoms. The molecule has 1 heterocycles. The Morgan fingerprint density at radius 1 is 1.47 bits per heavy atom. The van der Waals surface area contributed by atoms with Crippen molar-refractivity contribution < 1.29 is 5.11 Å². The molecule has 4 heteroatoms. The minimum absolute atomic E-state index is 0.255. The lowest BCUT2D eigenvalue weighted by Gasteiger charge is -2.39. The summed E-state index contributed by atoms with van der Waals surface area (Å²) in [7, 11) is 1.95. The van der Waals surface area contributed by atoms with Gasteiger partial charge in [-0.2, -0.15) is 0 Å². The van der Waals surface area contributed by atoms with E-state index in [2.05, 4.69) is 34.3 Å². The van der Waals surface area contributed by atoms with Crippen molar-refractivity contribution in [3.05, 3.63) is 24.0 Å². The Labute approximate surface area is 115 Å². The van der Waals surface area contributed by atoms with Crippen molar-refractivity contribution in [1.82, 2.24) is 10.3 Å². The first-order valence-electron chi connectivity index (χ1n) is 7.27. The number of aliphatic hydroxyl groups excluding tert-OH is 1. The Kier molecular flexibility index (Phi) is 5.16. The highest BCUT2D eigenvalue weighted by Gasteiger charge is 2.25. The SMILES string of the molecule is CNC(C)c1ccc(N(CCCO)C2CCC2)cn1. The molecule has 0 bridgehead atoms. The Morgan fingerprint density at radius 2 is 2.26 bits per heavy atom. The third-order valence-electron chi connectivity index (χ3n) is 4.05. The van der Waals surface area contributed by atoms with E-state index in [9.17, 15) is 0 Å². The van der Waals surface area contributed by atoms with Gasteiger partial charge in [-0.25, -0.2) is 0 Å². The molecule has 0 amide bonds. The van der Waals surface area contributed by atoms with Crippen molar-refractivity contribution in [3.63, 3.8) is 0 Å². The predicted molar refractivity (Wildman–Crippen MR) is 78.4 cm³/mol. The summed E-state index contributed by atoms with van der Waals surface area (Å²) in [5.41, 5.74) is 2.26. The van der Waals surface area contributed by atoms with Crippen LogP contribution in [0.1, 0.15) is 44.3 Å². The number of nitrogens with one attached hydrogen (secondary N) is 1. The van der Waals surface area contributed by atoms with Gasteiger partial charge in [0.25, 0.3) is 0 Å². The van der Waals surface area contributed by atoms with Crippen LogP contribution in [-0.4, -0.2) is 36.3 Å². The van der Waals surface area contributed by atoms with Gasteiger partial charge >= 0.3 is 0 Å². The number of aliphatic hydroxyl groups is 1. The van der Waals surface area contributed by atoms with Crippen molar-refractivity contribution in [1.29, 1.82) is 0 Å². The van der Waals surface area contributed by atoms with Crippen molar-refractivity contribution in [2.24, 2.45) is 0 Å².